The van der Waals surface area contributed by atoms with Crippen molar-refractivity contribution in [2.45, 2.75) is 19.4 Å². The zero-order valence-electron chi connectivity index (χ0n) is 13.3. The fourth-order valence-corrected chi connectivity index (χ4v) is 2.99. The van der Waals surface area contributed by atoms with E-state index in [4.69, 9.17) is 4.74 Å². The number of aromatic nitrogens is 1. The minimum Gasteiger partial charge on any atom is -0.492 e. The van der Waals surface area contributed by atoms with Gasteiger partial charge < -0.3 is 19.3 Å². The van der Waals surface area contributed by atoms with Crippen LogP contribution in [0.25, 0.3) is 10.9 Å². The lowest BCUT2D eigenvalue weighted by Gasteiger charge is -2.21. The Morgan fingerprint density at radius 2 is 2.17 bits per heavy atom. The summed E-state index contributed by atoms with van der Waals surface area (Å²) in [5, 5.41) is 9.69. The van der Waals surface area contributed by atoms with E-state index >= 15 is 0 Å². The van der Waals surface area contributed by atoms with Crippen molar-refractivity contribution >= 4 is 16.9 Å². The van der Waals surface area contributed by atoms with Crippen molar-refractivity contribution in [3.63, 3.8) is 0 Å². The number of nitrogens with zero attached hydrogens (tertiary/aromatic N) is 2. The first-order valence-electron chi connectivity index (χ1n) is 7.68. The normalized spacial score (nSPS) is 13.5. The Balaban J connectivity index is 2.11. The molecule has 0 aliphatic carbocycles. The molecular weight excluding hydrogens is 296 g/mol. The summed E-state index contributed by atoms with van der Waals surface area (Å²) in [4.78, 5) is 25.8. The molecule has 0 spiro atoms. The van der Waals surface area contributed by atoms with E-state index < -0.39 is 11.4 Å². The zero-order chi connectivity index (χ0) is 16.6. The van der Waals surface area contributed by atoms with Gasteiger partial charge in [0.2, 0.25) is 5.43 Å². The molecule has 0 atom stereocenters. The predicted molar refractivity (Wildman–Crippen MR) is 87.5 cm³/mol. The van der Waals surface area contributed by atoms with Gasteiger partial charge in [-0.05, 0) is 44.6 Å². The average molecular weight is 316 g/mol. The highest BCUT2D eigenvalue weighted by Crippen LogP contribution is 2.28. The van der Waals surface area contributed by atoms with Crippen LogP contribution in [0.15, 0.2) is 23.1 Å². The first kappa shape index (κ1) is 15.6. The van der Waals surface area contributed by atoms with Gasteiger partial charge in [-0.25, -0.2) is 4.79 Å². The summed E-state index contributed by atoms with van der Waals surface area (Å²) >= 11 is 0. The van der Waals surface area contributed by atoms with Crippen molar-refractivity contribution in [3.05, 3.63) is 39.7 Å². The highest BCUT2D eigenvalue weighted by molar-refractivity contribution is 5.94. The number of aryl methyl sites for hydroxylation is 2. The summed E-state index contributed by atoms with van der Waals surface area (Å²) in [5.41, 5.74) is 1.26. The standard InChI is InChI=1S/C17H20N2O4/c1-18(2)6-7-23-12-8-11-4-3-5-19-10-14(17(21)22)16(20)13(9-12)15(11)19/h8-10H,3-7H2,1-2H3,(H,21,22). The summed E-state index contributed by atoms with van der Waals surface area (Å²) in [6.45, 7) is 2.02. The minimum absolute atomic E-state index is 0.184. The molecule has 0 radical (unpaired) electrons. The molecule has 3 rings (SSSR count). The number of hydrogen-bond acceptors (Lipinski definition) is 4. The third-order valence-electron chi connectivity index (χ3n) is 4.11. The number of carboxylic acids is 1. The molecule has 2 aromatic rings. The first-order chi connectivity index (χ1) is 11.0. The summed E-state index contributed by atoms with van der Waals surface area (Å²) < 4.78 is 7.63. The predicted octanol–water partition coefficient (Wildman–Crippen LogP) is 1.59. The molecule has 0 fully saturated rings. The molecule has 122 valence electrons. The molecule has 6 heteroatoms. The number of likely N-dealkylation sites (N-methyl/N-ethyl adjacent to an activating group) is 1. The Kier molecular flexibility index (Phi) is 4.09. The Bertz CT molecular complexity index is 823. The molecule has 0 unspecified atom stereocenters. The van der Waals surface area contributed by atoms with E-state index in [1.807, 2.05) is 29.6 Å². The van der Waals surface area contributed by atoms with Gasteiger partial charge in [0.05, 0.1) is 10.9 Å². The number of rotatable bonds is 5. The van der Waals surface area contributed by atoms with Crippen molar-refractivity contribution in [2.24, 2.45) is 0 Å². The van der Waals surface area contributed by atoms with Gasteiger partial charge in [0.1, 0.15) is 17.9 Å². The minimum atomic E-state index is -1.19. The SMILES string of the molecule is CN(C)CCOc1cc2c3c(c1)c(=O)c(C(=O)O)cn3CCC2. The molecule has 0 bridgehead atoms. The van der Waals surface area contributed by atoms with Gasteiger partial charge in [-0.2, -0.15) is 0 Å². The van der Waals surface area contributed by atoms with Gasteiger partial charge in [0.25, 0.3) is 0 Å². The fourth-order valence-electron chi connectivity index (χ4n) is 2.99. The highest BCUT2D eigenvalue weighted by atomic mass is 16.5. The molecular formula is C17H20N2O4. The lowest BCUT2D eigenvalue weighted by molar-refractivity contribution is 0.0694. The van der Waals surface area contributed by atoms with E-state index in [9.17, 15) is 14.7 Å². The highest BCUT2D eigenvalue weighted by Gasteiger charge is 2.20. The molecule has 23 heavy (non-hydrogen) atoms. The van der Waals surface area contributed by atoms with Gasteiger partial charge in [0.15, 0.2) is 0 Å². The van der Waals surface area contributed by atoms with Crippen molar-refractivity contribution in [2.75, 3.05) is 27.2 Å². The molecule has 0 amide bonds. The number of pyridine rings is 1. The van der Waals surface area contributed by atoms with Gasteiger partial charge >= 0.3 is 5.97 Å². The van der Waals surface area contributed by atoms with Crippen LogP contribution in [0.1, 0.15) is 22.3 Å². The summed E-state index contributed by atoms with van der Waals surface area (Å²) in [5.74, 6) is -0.561. The molecule has 2 heterocycles. The molecule has 0 saturated heterocycles. The summed E-state index contributed by atoms with van der Waals surface area (Å²) in [6, 6.07) is 3.64. The number of carbonyl (C=O) groups is 1. The van der Waals surface area contributed by atoms with E-state index in [0.717, 1.165) is 37.0 Å². The van der Waals surface area contributed by atoms with E-state index in [1.54, 1.807) is 6.07 Å². The van der Waals surface area contributed by atoms with Crippen LogP contribution in [-0.4, -0.2) is 47.8 Å². The van der Waals surface area contributed by atoms with Gasteiger partial charge in [-0.15, -0.1) is 0 Å². The lowest BCUT2D eigenvalue weighted by atomic mass is 9.99. The van der Waals surface area contributed by atoms with Crippen LogP contribution in [0.2, 0.25) is 0 Å². The maximum Gasteiger partial charge on any atom is 0.341 e. The van der Waals surface area contributed by atoms with Crippen molar-refractivity contribution in [3.8, 4) is 5.75 Å². The van der Waals surface area contributed by atoms with Crippen LogP contribution in [0, 0.1) is 0 Å². The molecule has 1 N–H and O–H groups in total. The molecule has 1 aliphatic rings. The summed E-state index contributed by atoms with van der Waals surface area (Å²) in [6.07, 6.45) is 3.25. The second-order valence-corrected chi connectivity index (χ2v) is 6.10. The van der Waals surface area contributed by atoms with Gasteiger partial charge in [-0.1, -0.05) is 0 Å². The van der Waals surface area contributed by atoms with Crippen molar-refractivity contribution < 1.29 is 14.6 Å². The van der Waals surface area contributed by atoms with Crippen LogP contribution in [0.5, 0.6) is 5.75 Å². The van der Waals surface area contributed by atoms with Crippen LogP contribution in [0.3, 0.4) is 0 Å². The van der Waals surface area contributed by atoms with Gasteiger partial charge in [-0.3, -0.25) is 4.79 Å². The van der Waals surface area contributed by atoms with Gasteiger partial charge in [0, 0.05) is 19.3 Å². The number of hydrogen-bond donors (Lipinski definition) is 1. The number of benzene rings is 1. The van der Waals surface area contributed by atoms with E-state index in [2.05, 4.69) is 0 Å². The smallest absolute Gasteiger partial charge is 0.341 e. The quantitative estimate of drug-likeness (QED) is 0.907. The fraction of sp³-hybridized carbons (Fsp3) is 0.412. The average Bonchev–Trinajstić information content (AvgIpc) is 2.49. The van der Waals surface area contributed by atoms with Crippen molar-refractivity contribution in [1.29, 1.82) is 0 Å². The van der Waals surface area contributed by atoms with E-state index in [0.29, 0.717) is 17.7 Å². The topological polar surface area (TPSA) is 71.8 Å². The second kappa shape index (κ2) is 6.04. The Morgan fingerprint density at radius 3 is 2.87 bits per heavy atom. The third-order valence-corrected chi connectivity index (χ3v) is 4.11. The maximum atomic E-state index is 12.5. The second-order valence-electron chi connectivity index (χ2n) is 6.10. The van der Waals surface area contributed by atoms with E-state index in [1.165, 1.54) is 6.20 Å². The largest absolute Gasteiger partial charge is 0.492 e. The first-order valence-corrected chi connectivity index (χ1v) is 7.68. The third kappa shape index (κ3) is 2.94. The maximum absolute atomic E-state index is 12.5. The lowest BCUT2D eigenvalue weighted by Crippen LogP contribution is -2.22. The van der Waals surface area contributed by atoms with E-state index in [-0.39, 0.29) is 5.56 Å². The number of aromatic carboxylic acids is 1. The van der Waals surface area contributed by atoms with Crippen LogP contribution in [-0.2, 0) is 13.0 Å². The molecule has 1 aromatic carbocycles. The van der Waals surface area contributed by atoms with Crippen LogP contribution >= 0.6 is 0 Å². The summed E-state index contributed by atoms with van der Waals surface area (Å²) in [7, 11) is 3.93. The molecule has 1 aromatic heterocycles. The van der Waals surface area contributed by atoms with Crippen LogP contribution in [0.4, 0.5) is 0 Å². The molecule has 0 saturated carbocycles. The Hall–Kier alpha value is -2.34. The molecule has 6 nitrogen and oxygen atoms in total. The zero-order valence-corrected chi connectivity index (χ0v) is 13.3. The number of carboxylic acid groups (broad SMARTS) is 1. The molecule has 1 aliphatic heterocycles. The van der Waals surface area contributed by atoms with Crippen LogP contribution < -0.4 is 10.2 Å². The number of ether oxygens (including phenoxy) is 1. The monoisotopic (exact) mass is 316 g/mol. The Morgan fingerprint density at radius 1 is 1.39 bits per heavy atom. The Labute approximate surface area is 133 Å². The van der Waals surface area contributed by atoms with Crippen molar-refractivity contribution in [1.82, 2.24) is 9.47 Å².